The van der Waals surface area contributed by atoms with Crippen LogP contribution < -0.4 is 4.90 Å². The standard InChI is InChI=1S/C11H13F3N2O2/c1-16(6-2-3-10(17)18)9-7-8(4-5-15-9)11(12,13)14/h4-5,7H,2-3,6H2,1H3,(H,17,18). The van der Waals surface area contributed by atoms with Crippen LogP contribution in [-0.2, 0) is 11.0 Å². The van der Waals surface area contributed by atoms with Crippen molar-refractivity contribution in [3.63, 3.8) is 0 Å². The van der Waals surface area contributed by atoms with E-state index in [1.54, 1.807) is 7.05 Å². The van der Waals surface area contributed by atoms with Gasteiger partial charge in [0.15, 0.2) is 0 Å². The molecule has 0 aliphatic heterocycles. The number of carboxylic acid groups (broad SMARTS) is 1. The number of hydrogen-bond donors (Lipinski definition) is 1. The van der Waals surface area contributed by atoms with Crippen LogP contribution >= 0.6 is 0 Å². The number of anilines is 1. The molecular weight excluding hydrogens is 249 g/mol. The van der Waals surface area contributed by atoms with Crippen LogP contribution in [0.15, 0.2) is 18.3 Å². The van der Waals surface area contributed by atoms with Gasteiger partial charge in [-0.3, -0.25) is 4.79 Å². The normalized spacial score (nSPS) is 11.3. The largest absolute Gasteiger partial charge is 0.481 e. The van der Waals surface area contributed by atoms with Gasteiger partial charge < -0.3 is 10.0 Å². The van der Waals surface area contributed by atoms with Crippen molar-refractivity contribution in [2.75, 3.05) is 18.5 Å². The SMILES string of the molecule is CN(CCCC(=O)O)c1cc(C(F)(F)F)ccn1. The number of carbonyl (C=O) groups is 1. The Hall–Kier alpha value is -1.79. The third-order valence-electron chi connectivity index (χ3n) is 2.35. The number of pyridine rings is 1. The molecule has 4 nitrogen and oxygen atoms in total. The second-order valence-corrected chi connectivity index (χ2v) is 3.82. The zero-order chi connectivity index (χ0) is 13.8. The predicted molar refractivity (Wildman–Crippen MR) is 59.4 cm³/mol. The molecule has 0 aliphatic rings. The summed E-state index contributed by atoms with van der Waals surface area (Å²) in [6, 6.07) is 1.84. The average molecular weight is 262 g/mol. The molecule has 0 fully saturated rings. The van der Waals surface area contributed by atoms with Gasteiger partial charge in [0.25, 0.3) is 0 Å². The average Bonchev–Trinajstić information content (AvgIpc) is 2.27. The highest BCUT2D eigenvalue weighted by Gasteiger charge is 2.30. The Morgan fingerprint density at radius 2 is 2.17 bits per heavy atom. The lowest BCUT2D eigenvalue weighted by Crippen LogP contribution is -2.21. The molecule has 0 saturated carbocycles. The van der Waals surface area contributed by atoms with Crippen molar-refractivity contribution in [1.29, 1.82) is 0 Å². The van der Waals surface area contributed by atoms with Gasteiger partial charge in [-0.05, 0) is 18.6 Å². The van der Waals surface area contributed by atoms with E-state index in [4.69, 9.17) is 5.11 Å². The molecule has 0 bridgehead atoms. The summed E-state index contributed by atoms with van der Waals surface area (Å²) in [6.45, 7) is 0.334. The van der Waals surface area contributed by atoms with Crippen molar-refractivity contribution in [1.82, 2.24) is 4.98 Å². The molecule has 1 aromatic rings. The molecule has 0 unspecified atom stereocenters. The maximum atomic E-state index is 12.5. The molecule has 1 rings (SSSR count). The fourth-order valence-electron chi connectivity index (χ4n) is 1.39. The first-order valence-corrected chi connectivity index (χ1v) is 5.27. The van der Waals surface area contributed by atoms with Crippen molar-refractivity contribution in [2.45, 2.75) is 19.0 Å². The highest BCUT2D eigenvalue weighted by molar-refractivity contribution is 5.66. The van der Waals surface area contributed by atoms with E-state index in [0.717, 1.165) is 18.3 Å². The molecule has 7 heteroatoms. The van der Waals surface area contributed by atoms with Gasteiger partial charge in [-0.1, -0.05) is 0 Å². The number of carboxylic acids is 1. The highest BCUT2D eigenvalue weighted by Crippen LogP contribution is 2.30. The summed E-state index contributed by atoms with van der Waals surface area (Å²) >= 11 is 0. The maximum absolute atomic E-state index is 12.5. The Bertz CT molecular complexity index is 421. The first-order valence-electron chi connectivity index (χ1n) is 5.27. The third-order valence-corrected chi connectivity index (χ3v) is 2.35. The Morgan fingerprint density at radius 3 is 2.72 bits per heavy atom. The van der Waals surface area contributed by atoms with Crippen LogP contribution in [0.25, 0.3) is 0 Å². The van der Waals surface area contributed by atoms with Crippen LogP contribution in [0.5, 0.6) is 0 Å². The second-order valence-electron chi connectivity index (χ2n) is 3.82. The summed E-state index contributed by atoms with van der Waals surface area (Å²) in [4.78, 5) is 15.6. The number of aromatic nitrogens is 1. The van der Waals surface area contributed by atoms with E-state index in [2.05, 4.69) is 4.98 Å². The molecule has 1 aromatic heterocycles. The Labute approximate surface area is 102 Å². The summed E-state index contributed by atoms with van der Waals surface area (Å²) in [5, 5.41) is 8.46. The van der Waals surface area contributed by atoms with E-state index in [9.17, 15) is 18.0 Å². The topological polar surface area (TPSA) is 53.4 Å². The lowest BCUT2D eigenvalue weighted by molar-refractivity contribution is -0.138. The smallest absolute Gasteiger partial charge is 0.416 e. The van der Waals surface area contributed by atoms with E-state index in [1.165, 1.54) is 4.90 Å². The first kappa shape index (κ1) is 14.3. The van der Waals surface area contributed by atoms with Crippen LogP contribution in [0.4, 0.5) is 19.0 Å². The molecule has 0 radical (unpaired) electrons. The Morgan fingerprint density at radius 1 is 1.50 bits per heavy atom. The number of hydrogen-bond acceptors (Lipinski definition) is 3. The van der Waals surface area contributed by atoms with Crippen LogP contribution in [0.3, 0.4) is 0 Å². The zero-order valence-electron chi connectivity index (χ0n) is 9.74. The number of nitrogens with zero attached hydrogens (tertiary/aromatic N) is 2. The lowest BCUT2D eigenvalue weighted by atomic mass is 10.2. The van der Waals surface area contributed by atoms with Gasteiger partial charge in [-0.2, -0.15) is 13.2 Å². The number of rotatable bonds is 5. The molecule has 0 atom stereocenters. The van der Waals surface area contributed by atoms with Gasteiger partial charge in [0, 0.05) is 26.2 Å². The minimum absolute atomic E-state index is 0.0245. The van der Waals surface area contributed by atoms with Gasteiger partial charge in [0.05, 0.1) is 5.56 Å². The van der Waals surface area contributed by atoms with Gasteiger partial charge >= 0.3 is 12.1 Å². The van der Waals surface area contributed by atoms with E-state index in [1.807, 2.05) is 0 Å². The van der Waals surface area contributed by atoms with Crippen molar-refractivity contribution in [3.05, 3.63) is 23.9 Å². The van der Waals surface area contributed by atoms with E-state index in [0.29, 0.717) is 13.0 Å². The number of alkyl halides is 3. The molecule has 0 aliphatic carbocycles. The van der Waals surface area contributed by atoms with Crippen molar-refractivity contribution in [3.8, 4) is 0 Å². The minimum Gasteiger partial charge on any atom is -0.481 e. The molecule has 0 amide bonds. The van der Waals surface area contributed by atoms with Gasteiger partial charge in [-0.15, -0.1) is 0 Å². The zero-order valence-corrected chi connectivity index (χ0v) is 9.74. The number of aliphatic carboxylic acids is 1. The summed E-state index contributed by atoms with van der Waals surface area (Å²) in [5.41, 5.74) is -0.766. The monoisotopic (exact) mass is 262 g/mol. The summed E-state index contributed by atoms with van der Waals surface area (Å²) in [7, 11) is 1.57. The van der Waals surface area contributed by atoms with Crippen molar-refractivity contribution >= 4 is 11.8 Å². The minimum atomic E-state index is -4.40. The molecule has 1 heterocycles. The number of halogens is 3. The highest BCUT2D eigenvalue weighted by atomic mass is 19.4. The fraction of sp³-hybridized carbons (Fsp3) is 0.455. The van der Waals surface area contributed by atoms with E-state index >= 15 is 0 Å². The summed E-state index contributed by atoms with van der Waals surface area (Å²) < 4.78 is 37.4. The Kier molecular flexibility index (Phi) is 4.52. The summed E-state index contributed by atoms with van der Waals surface area (Å²) in [5.74, 6) is -0.754. The van der Waals surface area contributed by atoms with Gasteiger partial charge in [0.1, 0.15) is 5.82 Å². The van der Waals surface area contributed by atoms with Crippen LogP contribution in [0.2, 0.25) is 0 Å². The molecule has 0 spiro atoms. The maximum Gasteiger partial charge on any atom is 0.416 e. The van der Waals surface area contributed by atoms with E-state index < -0.39 is 17.7 Å². The molecule has 18 heavy (non-hydrogen) atoms. The van der Waals surface area contributed by atoms with Crippen molar-refractivity contribution < 1.29 is 23.1 Å². The molecule has 0 saturated heterocycles. The fourth-order valence-corrected chi connectivity index (χ4v) is 1.39. The molecule has 1 N–H and O–H groups in total. The van der Waals surface area contributed by atoms with Crippen LogP contribution in [0, 0.1) is 0 Å². The van der Waals surface area contributed by atoms with Crippen molar-refractivity contribution in [2.24, 2.45) is 0 Å². The molecule has 0 aromatic carbocycles. The van der Waals surface area contributed by atoms with Gasteiger partial charge in [0.2, 0.25) is 0 Å². The van der Waals surface area contributed by atoms with Crippen LogP contribution in [-0.4, -0.2) is 29.7 Å². The Balaban J connectivity index is 2.68. The van der Waals surface area contributed by atoms with Gasteiger partial charge in [-0.25, -0.2) is 4.98 Å². The lowest BCUT2D eigenvalue weighted by Gasteiger charge is -2.18. The predicted octanol–water partition coefficient (Wildman–Crippen LogP) is 2.40. The van der Waals surface area contributed by atoms with Crippen LogP contribution in [0.1, 0.15) is 18.4 Å². The third kappa shape index (κ3) is 4.23. The summed E-state index contributed by atoms with van der Waals surface area (Å²) in [6.07, 6.45) is -2.99. The quantitative estimate of drug-likeness (QED) is 0.885. The first-order chi connectivity index (χ1) is 8.30. The molecular formula is C11H13F3N2O2. The molecule has 100 valence electrons. The van der Waals surface area contributed by atoms with E-state index in [-0.39, 0.29) is 12.2 Å². The second kappa shape index (κ2) is 5.70.